The van der Waals surface area contributed by atoms with Gasteiger partial charge in [0.05, 0.1) is 10.2 Å². The minimum Gasteiger partial charge on any atom is -0.368 e. The topological polar surface area (TPSA) is 81.4 Å². The van der Waals surface area contributed by atoms with Crippen molar-refractivity contribution in [2.24, 2.45) is 7.05 Å². The van der Waals surface area contributed by atoms with Gasteiger partial charge in [0, 0.05) is 19.3 Å². The predicted molar refractivity (Wildman–Crippen MR) is 80.2 cm³/mol. The number of rotatable bonds is 5. The third-order valence-electron chi connectivity index (χ3n) is 2.62. The second-order valence-corrected chi connectivity index (χ2v) is 6.09. The summed E-state index contributed by atoms with van der Waals surface area (Å²) in [6.45, 7) is 2.70. The Hall–Kier alpha value is -1.74. The van der Waals surface area contributed by atoms with Gasteiger partial charge in [0.1, 0.15) is 11.6 Å². The zero-order valence-corrected chi connectivity index (χ0v) is 12.7. The number of tetrazole rings is 1. The van der Waals surface area contributed by atoms with Crippen LogP contribution in [0.15, 0.2) is 16.6 Å². The number of thiophene rings is 1. The molecule has 1 N–H and O–H groups in total. The van der Waals surface area contributed by atoms with Crippen LogP contribution in [0.4, 0.5) is 5.82 Å². The molecule has 0 radical (unpaired) electrons. The number of fused-ring (bicyclic) bond motifs is 1. The first-order valence-corrected chi connectivity index (χ1v) is 7.91. The molecule has 3 rings (SSSR count). The lowest BCUT2D eigenvalue weighted by Crippen LogP contribution is -2.07. The Morgan fingerprint density at radius 2 is 2.30 bits per heavy atom. The molecule has 9 heteroatoms. The molecule has 0 fully saturated rings. The lowest BCUT2D eigenvalue weighted by molar-refractivity contribution is 0.664. The predicted octanol–water partition coefficient (Wildman–Crippen LogP) is 1.73. The molecule has 0 unspecified atom stereocenters. The molecule has 3 aromatic rings. The molecule has 104 valence electrons. The van der Waals surface area contributed by atoms with Crippen LogP contribution in [0.5, 0.6) is 0 Å². The molecule has 0 bridgehead atoms. The summed E-state index contributed by atoms with van der Waals surface area (Å²) in [5.74, 6) is 2.55. The Balaban J connectivity index is 1.62. The highest BCUT2D eigenvalue weighted by molar-refractivity contribution is 7.99. The van der Waals surface area contributed by atoms with Crippen molar-refractivity contribution in [1.29, 1.82) is 0 Å². The van der Waals surface area contributed by atoms with E-state index >= 15 is 0 Å². The Morgan fingerprint density at radius 1 is 1.40 bits per heavy atom. The summed E-state index contributed by atoms with van der Waals surface area (Å²) in [7, 11) is 1.83. The summed E-state index contributed by atoms with van der Waals surface area (Å²) in [4.78, 5) is 8.86. The van der Waals surface area contributed by atoms with E-state index in [9.17, 15) is 0 Å². The number of hydrogen-bond donors (Lipinski definition) is 1. The molecule has 0 aliphatic carbocycles. The molecule has 7 nitrogen and oxygen atoms in total. The zero-order chi connectivity index (χ0) is 13.9. The number of aryl methyl sites for hydroxylation is 2. The van der Waals surface area contributed by atoms with Gasteiger partial charge in [-0.3, -0.25) is 0 Å². The third-order valence-corrected chi connectivity index (χ3v) is 4.54. The minimum atomic E-state index is 0.781. The number of nitrogens with one attached hydrogen (secondary N) is 1. The summed E-state index contributed by atoms with van der Waals surface area (Å²) >= 11 is 3.26. The smallest absolute Gasteiger partial charge is 0.209 e. The summed E-state index contributed by atoms with van der Waals surface area (Å²) in [6, 6.07) is 2.01. The molecule has 0 aliphatic heterocycles. The molecule has 0 saturated heterocycles. The summed E-state index contributed by atoms with van der Waals surface area (Å²) in [6.07, 6.45) is 0. The van der Waals surface area contributed by atoms with Crippen molar-refractivity contribution >= 4 is 39.1 Å². The molecule has 0 saturated carbocycles. The lowest BCUT2D eigenvalue weighted by Gasteiger charge is -2.06. The average molecular weight is 307 g/mol. The van der Waals surface area contributed by atoms with Crippen molar-refractivity contribution < 1.29 is 0 Å². The van der Waals surface area contributed by atoms with E-state index in [0.29, 0.717) is 0 Å². The van der Waals surface area contributed by atoms with E-state index in [1.165, 1.54) is 0 Å². The first-order valence-electron chi connectivity index (χ1n) is 6.05. The zero-order valence-electron chi connectivity index (χ0n) is 11.1. The van der Waals surface area contributed by atoms with Crippen LogP contribution in [0, 0.1) is 6.92 Å². The Labute approximate surface area is 123 Å². The van der Waals surface area contributed by atoms with E-state index < -0.39 is 0 Å². The van der Waals surface area contributed by atoms with Crippen LogP contribution < -0.4 is 5.32 Å². The molecule has 0 amide bonds. The van der Waals surface area contributed by atoms with Crippen LogP contribution in [-0.2, 0) is 7.05 Å². The fourth-order valence-corrected chi connectivity index (χ4v) is 3.26. The van der Waals surface area contributed by atoms with E-state index in [1.807, 2.05) is 25.4 Å². The van der Waals surface area contributed by atoms with Gasteiger partial charge < -0.3 is 5.32 Å². The summed E-state index contributed by atoms with van der Waals surface area (Å²) in [5, 5.41) is 17.5. The number of thioether (sulfide) groups is 1. The molecular formula is C11H13N7S2. The highest BCUT2D eigenvalue weighted by Gasteiger charge is 2.07. The first-order chi connectivity index (χ1) is 9.74. The Morgan fingerprint density at radius 3 is 3.10 bits per heavy atom. The number of aromatic nitrogens is 6. The van der Waals surface area contributed by atoms with E-state index in [0.717, 1.165) is 39.3 Å². The van der Waals surface area contributed by atoms with Crippen LogP contribution in [0.1, 0.15) is 5.82 Å². The van der Waals surface area contributed by atoms with Gasteiger partial charge >= 0.3 is 0 Å². The van der Waals surface area contributed by atoms with E-state index in [4.69, 9.17) is 0 Å². The van der Waals surface area contributed by atoms with Crippen LogP contribution in [0.25, 0.3) is 10.2 Å². The van der Waals surface area contributed by atoms with Gasteiger partial charge in [0.15, 0.2) is 0 Å². The number of nitrogens with zero attached hydrogens (tertiary/aromatic N) is 6. The molecule has 0 aliphatic rings. The molecule has 0 spiro atoms. The van der Waals surface area contributed by atoms with Crippen molar-refractivity contribution in [3.63, 3.8) is 0 Å². The van der Waals surface area contributed by atoms with E-state index in [1.54, 1.807) is 27.8 Å². The highest BCUT2D eigenvalue weighted by Crippen LogP contribution is 2.25. The second-order valence-electron chi connectivity index (χ2n) is 4.11. The van der Waals surface area contributed by atoms with Crippen LogP contribution in [-0.4, -0.2) is 42.5 Å². The lowest BCUT2D eigenvalue weighted by atomic mass is 10.4. The van der Waals surface area contributed by atoms with Crippen LogP contribution in [0.2, 0.25) is 0 Å². The van der Waals surface area contributed by atoms with Crippen molar-refractivity contribution in [2.75, 3.05) is 17.6 Å². The molecule has 3 aromatic heterocycles. The van der Waals surface area contributed by atoms with E-state index in [-0.39, 0.29) is 0 Å². The van der Waals surface area contributed by atoms with Gasteiger partial charge in [0.2, 0.25) is 5.16 Å². The number of hydrogen-bond acceptors (Lipinski definition) is 8. The van der Waals surface area contributed by atoms with Crippen molar-refractivity contribution in [1.82, 2.24) is 30.2 Å². The third kappa shape index (κ3) is 2.73. The molecular weight excluding hydrogens is 294 g/mol. The van der Waals surface area contributed by atoms with Crippen molar-refractivity contribution in [2.45, 2.75) is 12.1 Å². The van der Waals surface area contributed by atoms with Gasteiger partial charge in [-0.05, 0) is 28.8 Å². The largest absolute Gasteiger partial charge is 0.368 e. The standard InChI is InChI=1S/C11H13N7S2/c1-7-13-8-3-5-19-9(8)10(14-7)12-4-6-20-11-15-16-17-18(11)2/h3,5H,4,6H2,1-2H3,(H,12,13,14). The van der Waals surface area contributed by atoms with E-state index in [2.05, 4.69) is 30.8 Å². The SMILES string of the molecule is Cc1nc(NCCSc2nnnn2C)c2sccc2n1. The van der Waals surface area contributed by atoms with Crippen molar-refractivity contribution in [3.8, 4) is 0 Å². The highest BCUT2D eigenvalue weighted by atomic mass is 32.2. The fourth-order valence-electron chi connectivity index (χ4n) is 1.75. The summed E-state index contributed by atoms with van der Waals surface area (Å²) < 4.78 is 2.76. The molecule has 20 heavy (non-hydrogen) atoms. The molecule has 3 heterocycles. The Bertz CT molecular complexity index is 720. The monoisotopic (exact) mass is 307 g/mol. The fraction of sp³-hybridized carbons (Fsp3) is 0.364. The molecule has 0 aromatic carbocycles. The van der Waals surface area contributed by atoms with Gasteiger partial charge in [0.25, 0.3) is 0 Å². The van der Waals surface area contributed by atoms with Crippen molar-refractivity contribution in [3.05, 3.63) is 17.3 Å². The summed E-state index contributed by atoms with van der Waals surface area (Å²) in [5.41, 5.74) is 0.996. The maximum absolute atomic E-state index is 4.46. The molecule has 0 atom stereocenters. The Kier molecular flexibility index (Phi) is 3.79. The maximum atomic E-state index is 4.46. The number of anilines is 1. The van der Waals surface area contributed by atoms with Gasteiger partial charge in [-0.2, -0.15) is 0 Å². The normalized spacial score (nSPS) is 11.1. The maximum Gasteiger partial charge on any atom is 0.209 e. The minimum absolute atomic E-state index is 0.781. The second kappa shape index (κ2) is 5.71. The quantitative estimate of drug-likeness (QED) is 0.568. The first kappa shape index (κ1) is 13.3. The van der Waals surface area contributed by atoms with Gasteiger partial charge in [-0.1, -0.05) is 11.8 Å². The van der Waals surface area contributed by atoms with Gasteiger partial charge in [-0.25, -0.2) is 14.6 Å². The van der Waals surface area contributed by atoms with Crippen LogP contribution in [0.3, 0.4) is 0 Å². The van der Waals surface area contributed by atoms with Gasteiger partial charge in [-0.15, -0.1) is 16.4 Å². The average Bonchev–Trinajstić information content (AvgIpc) is 3.03. The van der Waals surface area contributed by atoms with Crippen LogP contribution >= 0.6 is 23.1 Å².